The molecule has 0 unspecified atom stereocenters. The molecule has 0 aliphatic heterocycles. The highest BCUT2D eigenvalue weighted by molar-refractivity contribution is 7.15. The summed E-state index contributed by atoms with van der Waals surface area (Å²) in [5, 5.41) is 23.1. The lowest BCUT2D eigenvalue weighted by Crippen LogP contribution is -2.15. The summed E-state index contributed by atoms with van der Waals surface area (Å²) in [6.07, 6.45) is 2.88. The highest BCUT2D eigenvalue weighted by Gasteiger charge is 2.11. The quantitative estimate of drug-likeness (QED) is 0.745. The Morgan fingerprint density at radius 1 is 1.25 bits per heavy atom. The van der Waals surface area contributed by atoms with E-state index in [1.165, 1.54) is 28.7 Å². The summed E-state index contributed by atoms with van der Waals surface area (Å²) < 4.78 is 1.45. The molecule has 3 rings (SSSR count). The van der Waals surface area contributed by atoms with Crippen molar-refractivity contribution in [1.29, 1.82) is 0 Å². The van der Waals surface area contributed by atoms with Crippen LogP contribution in [0.3, 0.4) is 0 Å². The van der Waals surface area contributed by atoms with Crippen LogP contribution in [0, 0.1) is 6.92 Å². The lowest BCUT2D eigenvalue weighted by atomic mass is 10.3. The van der Waals surface area contributed by atoms with Crippen LogP contribution in [0.25, 0.3) is 5.82 Å². The molecule has 1 N–H and O–H groups in total. The van der Waals surface area contributed by atoms with Crippen molar-refractivity contribution in [2.45, 2.75) is 6.92 Å². The summed E-state index contributed by atoms with van der Waals surface area (Å²) in [4.78, 5) is 15.7. The van der Waals surface area contributed by atoms with Gasteiger partial charge in [-0.3, -0.25) is 10.1 Å². The molecule has 3 aromatic rings. The van der Waals surface area contributed by atoms with Crippen LogP contribution in [-0.4, -0.2) is 41.1 Å². The van der Waals surface area contributed by atoms with Crippen molar-refractivity contribution in [3.8, 4) is 5.82 Å². The smallest absolute Gasteiger partial charge is 0.278 e. The van der Waals surface area contributed by atoms with Gasteiger partial charge in [0.2, 0.25) is 5.13 Å². The van der Waals surface area contributed by atoms with Crippen LogP contribution in [0.5, 0.6) is 0 Å². The number of aromatic nitrogens is 7. The molecular formula is C10H8N8OS. The monoisotopic (exact) mass is 288 g/mol. The van der Waals surface area contributed by atoms with Crippen molar-refractivity contribution in [1.82, 2.24) is 35.2 Å². The van der Waals surface area contributed by atoms with Crippen molar-refractivity contribution >= 4 is 22.4 Å². The molecule has 10 heteroatoms. The fourth-order valence-electron chi connectivity index (χ4n) is 1.40. The molecule has 0 bridgehead atoms. The van der Waals surface area contributed by atoms with Crippen molar-refractivity contribution < 1.29 is 4.79 Å². The van der Waals surface area contributed by atoms with Gasteiger partial charge in [-0.1, -0.05) is 11.3 Å². The van der Waals surface area contributed by atoms with Gasteiger partial charge in [-0.05, 0) is 19.1 Å². The van der Waals surface area contributed by atoms with Gasteiger partial charge in [-0.25, -0.2) is 9.67 Å². The Kier molecular flexibility index (Phi) is 3.13. The first-order valence-electron chi connectivity index (χ1n) is 5.52. The molecule has 0 saturated carbocycles. The Bertz CT molecular complexity index is 720. The Labute approximate surface area is 116 Å². The summed E-state index contributed by atoms with van der Waals surface area (Å²) in [6.45, 7) is 1.81. The third-order valence-corrected chi connectivity index (χ3v) is 3.04. The van der Waals surface area contributed by atoms with Crippen molar-refractivity contribution in [3.63, 3.8) is 0 Å². The summed E-state index contributed by atoms with van der Waals surface area (Å²) >= 11 is 1.29. The average Bonchev–Trinajstić information content (AvgIpc) is 3.11. The Balaban J connectivity index is 1.75. The van der Waals surface area contributed by atoms with E-state index in [0.717, 1.165) is 5.01 Å². The van der Waals surface area contributed by atoms with E-state index in [1.807, 2.05) is 0 Å². The van der Waals surface area contributed by atoms with Crippen LogP contribution in [-0.2, 0) is 0 Å². The molecule has 0 aliphatic rings. The van der Waals surface area contributed by atoms with E-state index in [9.17, 15) is 4.79 Å². The lowest BCUT2D eigenvalue weighted by Gasteiger charge is -2.01. The number of aryl methyl sites for hydroxylation is 1. The van der Waals surface area contributed by atoms with E-state index < -0.39 is 5.91 Å². The van der Waals surface area contributed by atoms with Crippen molar-refractivity contribution in [3.05, 3.63) is 35.5 Å². The number of rotatable bonds is 3. The molecule has 0 spiro atoms. The van der Waals surface area contributed by atoms with Crippen LogP contribution in [0.4, 0.5) is 5.13 Å². The number of nitrogens with one attached hydrogen (secondary N) is 1. The molecule has 0 atom stereocenters. The highest BCUT2D eigenvalue weighted by atomic mass is 32.1. The number of carbonyl (C=O) groups is 1. The second-order valence-corrected chi connectivity index (χ2v) is 4.88. The minimum atomic E-state index is -0.390. The molecule has 3 aromatic heterocycles. The van der Waals surface area contributed by atoms with Crippen LogP contribution < -0.4 is 5.32 Å². The predicted molar refractivity (Wildman–Crippen MR) is 69.5 cm³/mol. The molecule has 9 nitrogen and oxygen atoms in total. The first-order chi connectivity index (χ1) is 9.72. The van der Waals surface area contributed by atoms with Gasteiger partial charge in [0, 0.05) is 0 Å². The number of amides is 1. The lowest BCUT2D eigenvalue weighted by molar-refractivity contribution is 0.102. The fourth-order valence-corrected chi connectivity index (χ4v) is 1.99. The molecule has 0 aromatic carbocycles. The predicted octanol–water partition coefficient (Wildman–Crippen LogP) is 0.470. The number of nitrogens with zero attached hydrogens (tertiary/aromatic N) is 7. The van der Waals surface area contributed by atoms with Gasteiger partial charge in [0.1, 0.15) is 17.7 Å². The number of anilines is 1. The van der Waals surface area contributed by atoms with Gasteiger partial charge < -0.3 is 0 Å². The Morgan fingerprint density at radius 3 is 2.75 bits per heavy atom. The normalized spacial score (nSPS) is 10.4. The van der Waals surface area contributed by atoms with E-state index in [1.54, 1.807) is 19.1 Å². The maximum Gasteiger partial charge on any atom is 0.278 e. The van der Waals surface area contributed by atoms with Gasteiger partial charge in [0.25, 0.3) is 5.91 Å². The fraction of sp³-hybridized carbons (Fsp3) is 0.100. The molecule has 0 fully saturated rings. The SMILES string of the molecule is Cc1nnc(NC(=O)c2ccc(-n3cncn3)nn2)s1. The largest absolute Gasteiger partial charge is 0.295 e. The van der Waals surface area contributed by atoms with Gasteiger partial charge in [-0.2, -0.15) is 5.10 Å². The van der Waals surface area contributed by atoms with Crippen LogP contribution in [0.15, 0.2) is 24.8 Å². The van der Waals surface area contributed by atoms with E-state index in [0.29, 0.717) is 10.9 Å². The minimum Gasteiger partial charge on any atom is -0.295 e. The Morgan fingerprint density at radius 2 is 2.15 bits per heavy atom. The zero-order valence-corrected chi connectivity index (χ0v) is 11.1. The molecule has 100 valence electrons. The molecule has 1 amide bonds. The van der Waals surface area contributed by atoms with Crippen molar-refractivity contribution in [2.24, 2.45) is 0 Å². The molecular weight excluding hydrogens is 280 g/mol. The summed E-state index contributed by atoms with van der Waals surface area (Å²) in [7, 11) is 0. The summed E-state index contributed by atoms with van der Waals surface area (Å²) in [6, 6.07) is 3.18. The number of hydrogen-bond acceptors (Lipinski definition) is 8. The average molecular weight is 288 g/mol. The molecule has 0 radical (unpaired) electrons. The third-order valence-electron chi connectivity index (χ3n) is 2.28. The van der Waals surface area contributed by atoms with Gasteiger partial charge >= 0.3 is 0 Å². The summed E-state index contributed by atoms with van der Waals surface area (Å²) in [5.41, 5.74) is 0.182. The zero-order valence-electron chi connectivity index (χ0n) is 10.3. The molecule has 3 heterocycles. The standard InChI is InChI=1S/C10H8N8OS/c1-6-14-17-10(20-6)13-9(19)7-2-3-8(16-15-7)18-5-11-4-12-18/h2-5H,1H3,(H,13,17,19). The first kappa shape index (κ1) is 12.3. The minimum absolute atomic E-state index is 0.182. The topological polar surface area (TPSA) is 111 Å². The van der Waals surface area contributed by atoms with Gasteiger partial charge in [0.15, 0.2) is 11.5 Å². The van der Waals surface area contributed by atoms with E-state index >= 15 is 0 Å². The van der Waals surface area contributed by atoms with Crippen LogP contribution in [0.2, 0.25) is 0 Å². The van der Waals surface area contributed by atoms with Crippen molar-refractivity contribution in [2.75, 3.05) is 5.32 Å². The molecule has 0 aliphatic carbocycles. The number of hydrogen-bond donors (Lipinski definition) is 1. The second kappa shape index (κ2) is 5.09. The van der Waals surface area contributed by atoms with E-state index in [4.69, 9.17) is 0 Å². The van der Waals surface area contributed by atoms with Gasteiger partial charge in [0.05, 0.1) is 0 Å². The second-order valence-electron chi connectivity index (χ2n) is 3.70. The zero-order chi connectivity index (χ0) is 13.9. The number of carbonyl (C=O) groups excluding carboxylic acids is 1. The summed E-state index contributed by atoms with van der Waals surface area (Å²) in [5.74, 6) is 0.0876. The van der Waals surface area contributed by atoms with Gasteiger partial charge in [-0.15, -0.1) is 20.4 Å². The maximum atomic E-state index is 11.9. The first-order valence-corrected chi connectivity index (χ1v) is 6.34. The molecule has 0 saturated heterocycles. The van der Waals surface area contributed by atoms with E-state index in [-0.39, 0.29) is 5.69 Å². The van der Waals surface area contributed by atoms with E-state index in [2.05, 4.69) is 35.8 Å². The van der Waals surface area contributed by atoms with Crippen LogP contribution >= 0.6 is 11.3 Å². The Hall–Kier alpha value is -2.75. The van der Waals surface area contributed by atoms with Crippen LogP contribution in [0.1, 0.15) is 15.5 Å². The third kappa shape index (κ3) is 2.49. The maximum absolute atomic E-state index is 11.9. The molecule has 20 heavy (non-hydrogen) atoms. The highest BCUT2D eigenvalue weighted by Crippen LogP contribution is 2.14.